The Hall–Kier alpha value is -1.19. The fraction of sp³-hybridized carbons (Fsp3) is 0.538. The number of hydrogen-bond acceptors (Lipinski definition) is 6. The maximum Gasteiger partial charge on any atom is 0.397 e. The van der Waals surface area contributed by atoms with Crippen molar-refractivity contribution < 1.29 is 27.4 Å². The van der Waals surface area contributed by atoms with Crippen LogP contribution in [0, 0.1) is 0 Å². The van der Waals surface area contributed by atoms with Crippen LogP contribution in [-0.2, 0) is 34.3 Å². The zero-order valence-electron chi connectivity index (χ0n) is 12.3. The fourth-order valence-electron chi connectivity index (χ4n) is 1.75. The largest absolute Gasteiger partial charge is 0.508 e. The predicted molar refractivity (Wildman–Crippen MR) is 77.0 cm³/mol. The first-order valence-corrected chi connectivity index (χ1v) is 7.70. The van der Waals surface area contributed by atoms with Gasteiger partial charge in [-0.1, -0.05) is 6.07 Å². The number of aliphatic hydroxyl groups excluding tert-OH is 1. The molecular formula is C13H21NO6S. The van der Waals surface area contributed by atoms with Crippen LogP contribution in [0.1, 0.15) is 37.5 Å². The molecule has 0 fully saturated rings. The monoisotopic (exact) mass is 319 g/mol. The summed E-state index contributed by atoms with van der Waals surface area (Å²) in [5, 5.41) is 22.4. The molecule has 0 saturated heterocycles. The topological polar surface area (TPSA) is 116 Å². The summed E-state index contributed by atoms with van der Waals surface area (Å²) in [4.78, 5) is 0. The molecule has 0 spiro atoms. The molecule has 8 heteroatoms. The van der Waals surface area contributed by atoms with Gasteiger partial charge >= 0.3 is 10.4 Å². The Labute approximate surface area is 124 Å². The number of phenols is 1. The van der Waals surface area contributed by atoms with Gasteiger partial charge in [0, 0.05) is 17.6 Å². The Morgan fingerprint density at radius 3 is 2.33 bits per heavy atom. The lowest BCUT2D eigenvalue weighted by Crippen LogP contribution is -2.35. The molecule has 0 atom stereocenters. The Balaban J connectivity index is 3.11. The third-order valence-corrected chi connectivity index (χ3v) is 3.24. The van der Waals surface area contributed by atoms with Gasteiger partial charge in [0.1, 0.15) is 5.75 Å². The minimum atomic E-state index is -4.56. The average molecular weight is 319 g/mol. The number of benzene rings is 1. The lowest BCUT2D eigenvalue weighted by Gasteiger charge is -2.23. The van der Waals surface area contributed by atoms with E-state index in [2.05, 4.69) is 9.50 Å². The predicted octanol–water partition coefficient (Wildman–Crippen LogP) is 1.09. The zero-order valence-corrected chi connectivity index (χ0v) is 13.1. The van der Waals surface area contributed by atoms with Crippen molar-refractivity contribution in [2.24, 2.45) is 0 Å². The van der Waals surface area contributed by atoms with Gasteiger partial charge in [-0.05, 0) is 38.0 Å². The molecule has 1 aromatic rings. The molecule has 0 saturated carbocycles. The van der Waals surface area contributed by atoms with Crippen molar-refractivity contribution >= 4 is 10.4 Å². The van der Waals surface area contributed by atoms with Gasteiger partial charge in [-0.2, -0.15) is 8.42 Å². The molecule has 0 amide bonds. The van der Waals surface area contributed by atoms with Crippen LogP contribution in [-0.4, -0.2) is 28.7 Å². The molecule has 0 unspecified atom stereocenters. The third-order valence-electron chi connectivity index (χ3n) is 2.82. The molecule has 0 aliphatic rings. The highest BCUT2D eigenvalue weighted by atomic mass is 32.3. The van der Waals surface area contributed by atoms with E-state index in [-0.39, 0.29) is 17.9 Å². The maximum atomic E-state index is 10.7. The number of nitrogens with one attached hydrogen (secondary N) is 1. The minimum absolute atomic E-state index is 0.0844. The first kappa shape index (κ1) is 17.9. The summed E-state index contributed by atoms with van der Waals surface area (Å²) in [5.41, 5.74) is 1.07. The third kappa shape index (κ3) is 5.98. The summed E-state index contributed by atoms with van der Waals surface area (Å²) in [5.74, 6) is -0.0844. The number of rotatable bonds is 6. The standard InChI is InChI=1S/C13H21NO6S/c1-13(2,3)14-6-10-9(8-20-21(17,18)19)4-5-12(16)11(10)7-15/h4-5,14-16H,6-8H2,1-3H3,(H,17,18,19). The second kappa shape index (κ2) is 6.71. The molecule has 120 valence electrons. The quantitative estimate of drug-likeness (QED) is 0.580. The van der Waals surface area contributed by atoms with Gasteiger partial charge in [-0.25, -0.2) is 4.18 Å². The van der Waals surface area contributed by atoms with Crippen molar-refractivity contribution in [2.75, 3.05) is 0 Å². The van der Waals surface area contributed by atoms with Crippen LogP contribution in [0.15, 0.2) is 12.1 Å². The Morgan fingerprint density at radius 1 is 1.24 bits per heavy atom. The maximum absolute atomic E-state index is 10.7. The van der Waals surface area contributed by atoms with Gasteiger partial charge in [0.2, 0.25) is 0 Å². The van der Waals surface area contributed by atoms with Crippen LogP contribution in [0.25, 0.3) is 0 Å². The number of hydrogen-bond donors (Lipinski definition) is 4. The molecule has 1 aromatic carbocycles. The molecule has 0 aliphatic carbocycles. The van der Waals surface area contributed by atoms with Gasteiger partial charge in [-0.3, -0.25) is 4.55 Å². The summed E-state index contributed by atoms with van der Waals surface area (Å²) >= 11 is 0. The van der Waals surface area contributed by atoms with Crippen molar-refractivity contribution in [3.05, 3.63) is 28.8 Å². The van der Waals surface area contributed by atoms with E-state index < -0.39 is 17.0 Å². The van der Waals surface area contributed by atoms with E-state index in [0.29, 0.717) is 23.2 Å². The first-order valence-electron chi connectivity index (χ1n) is 6.34. The van der Waals surface area contributed by atoms with Crippen LogP contribution < -0.4 is 5.32 Å². The van der Waals surface area contributed by atoms with Crippen molar-refractivity contribution in [3.63, 3.8) is 0 Å². The summed E-state index contributed by atoms with van der Waals surface area (Å²) in [6.07, 6.45) is 0. The van der Waals surface area contributed by atoms with E-state index in [1.165, 1.54) is 12.1 Å². The van der Waals surface area contributed by atoms with Gasteiger partial charge in [0.25, 0.3) is 0 Å². The Kier molecular flexibility index (Phi) is 5.71. The molecule has 4 N–H and O–H groups in total. The van der Waals surface area contributed by atoms with Crippen LogP contribution in [0.3, 0.4) is 0 Å². The second-order valence-corrected chi connectivity index (χ2v) is 6.74. The second-order valence-electron chi connectivity index (χ2n) is 5.65. The molecule has 21 heavy (non-hydrogen) atoms. The summed E-state index contributed by atoms with van der Waals surface area (Å²) < 4.78 is 34.4. The van der Waals surface area contributed by atoms with Crippen LogP contribution in [0.2, 0.25) is 0 Å². The van der Waals surface area contributed by atoms with Gasteiger partial charge < -0.3 is 15.5 Å². The lowest BCUT2D eigenvalue weighted by molar-refractivity contribution is 0.255. The first-order chi connectivity index (χ1) is 9.53. The summed E-state index contributed by atoms with van der Waals surface area (Å²) in [6, 6.07) is 2.83. The van der Waals surface area contributed by atoms with Crippen LogP contribution in [0.4, 0.5) is 0 Å². The summed E-state index contributed by atoms with van der Waals surface area (Å²) in [6.45, 7) is 5.37. The smallest absolute Gasteiger partial charge is 0.397 e. The van der Waals surface area contributed by atoms with Crippen molar-refractivity contribution in [1.82, 2.24) is 5.32 Å². The van der Waals surface area contributed by atoms with Crippen molar-refractivity contribution in [2.45, 2.75) is 46.1 Å². The average Bonchev–Trinajstić information content (AvgIpc) is 2.32. The van der Waals surface area contributed by atoms with E-state index >= 15 is 0 Å². The lowest BCUT2D eigenvalue weighted by atomic mass is 9.99. The van der Waals surface area contributed by atoms with E-state index in [0.717, 1.165) is 0 Å². The van der Waals surface area contributed by atoms with Gasteiger partial charge in [0.15, 0.2) is 0 Å². The molecule has 0 heterocycles. The highest BCUT2D eigenvalue weighted by molar-refractivity contribution is 7.80. The van der Waals surface area contributed by atoms with Crippen molar-refractivity contribution in [3.8, 4) is 5.75 Å². The SMILES string of the molecule is CC(C)(C)NCc1c(COS(=O)(=O)O)ccc(O)c1CO. The molecule has 7 nitrogen and oxygen atoms in total. The van der Waals surface area contributed by atoms with E-state index in [4.69, 9.17) is 4.55 Å². The minimum Gasteiger partial charge on any atom is -0.508 e. The molecule has 0 bridgehead atoms. The van der Waals surface area contributed by atoms with Gasteiger partial charge in [-0.15, -0.1) is 0 Å². The van der Waals surface area contributed by atoms with Crippen LogP contribution >= 0.6 is 0 Å². The van der Waals surface area contributed by atoms with Gasteiger partial charge in [0.05, 0.1) is 13.2 Å². The molecular weight excluding hydrogens is 298 g/mol. The fourth-order valence-corrected chi connectivity index (χ4v) is 2.03. The molecule has 0 radical (unpaired) electrons. The molecule has 0 aromatic heterocycles. The number of aliphatic hydroxyl groups is 1. The van der Waals surface area contributed by atoms with E-state index in [1.54, 1.807) is 0 Å². The Morgan fingerprint density at radius 2 is 1.86 bits per heavy atom. The normalized spacial score (nSPS) is 12.6. The summed E-state index contributed by atoms with van der Waals surface area (Å²) in [7, 11) is -4.56. The number of aromatic hydroxyl groups is 1. The van der Waals surface area contributed by atoms with E-state index in [9.17, 15) is 18.6 Å². The Bertz CT molecular complexity index is 591. The highest BCUT2D eigenvalue weighted by Crippen LogP contribution is 2.26. The van der Waals surface area contributed by atoms with Crippen LogP contribution in [0.5, 0.6) is 5.75 Å². The molecule has 1 rings (SSSR count). The molecule has 0 aliphatic heterocycles. The highest BCUT2D eigenvalue weighted by Gasteiger charge is 2.17. The zero-order chi connectivity index (χ0) is 16.3. The van der Waals surface area contributed by atoms with E-state index in [1.807, 2.05) is 20.8 Å². The van der Waals surface area contributed by atoms with Crippen molar-refractivity contribution in [1.29, 1.82) is 0 Å².